The molecule has 3 aromatic rings. The second-order valence-electron chi connectivity index (χ2n) is 4.97. The molecule has 1 N–H and O–H groups in total. The monoisotopic (exact) mass is 301 g/mol. The highest BCUT2D eigenvalue weighted by molar-refractivity contribution is 7.18. The lowest BCUT2D eigenvalue weighted by Gasteiger charge is -2.08. The maximum absolute atomic E-state index is 13.4. The molecule has 108 valence electrons. The highest BCUT2D eigenvalue weighted by Gasteiger charge is 2.12. The number of nitrogens with zero attached hydrogens (tertiary/aromatic N) is 2. The van der Waals surface area contributed by atoms with Crippen LogP contribution in [0, 0.1) is 19.7 Å². The molecular formula is C16H16FN3S. The van der Waals surface area contributed by atoms with E-state index in [9.17, 15) is 4.39 Å². The highest BCUT2D eigenvalue weighted by atomic mass is 32.1. The Kier molecular flexibility index (Phi) is 3.59. The molecule has 0 unspecified atom stereocenters. The number of benzene rings is 1. The number of fused-ring (bicyclic) bond motifs is 1. The zero-order valence-electron chi connectivity index (χ0n) is 12.2. The van der Waals surface area contributed by atoms with Crippen LogP contribution in [0.2, 0.25) is 0 Å². The standard InChI is InChI=1S/C16H16FN3S/c1-4-18-15-12-8-10(3)21-16(12)20-14(19-15)11-5-6-13(17)9(2)7-11/h5-8H,4H2,1-3H3,(H,18,19,20). The molecule has 0 bridgehead atoms. The molecule has 0 aliphatic carbocycles. The summed E-state index contributed by atoms with van der Waals surface area (Å²) in [6.07, 6.45) is 0. The van der Waals surface area contributed by atoms with Gasteiger partial charge in [-0.3, -0.25) is 0 Å². The van der Waals surface area contributed by atoms with E-state index in [1.54, 1.807) is 30.4 Å². The van der Waals surface area contributed by atoms with Gasteiger partial charge < -0.3 is 5.32 Å². The average Bonchev–Trinajstić information content (AvgIpc) is 2.82. The Morgan fingerprint density at radius 1 is 1.19 bits per heavy atom. The Labute approximate surface area is 126 Å². The summed E-state index contributed by atoms with van der Waals surface area (Å²) < 4.78 is 13.4. The van der Waals surface area contributed by atoms with Gasteiger partial charge in [0, 0.05) is 17.0 Å². The molecule has 2 heterocycles. The lowest BCUT2D eigenvalue weighted by atomic mass is 10.1. The van der Waals surface area contributed by atoms with E-state index >= 15 is 0 Å². The van der Waals surface area contributed by atoms with Crippen LogP contribution in [0.4, 0.5) is 10.2 Å². The first-order chi connectivity index (χ1) is 10.1. The fraction of sp³-hybridized carbons (Fsp3) is 0.250. The molecule has 1 aromatic carbocycles. The number of halogens is 1. The third-order valence-electron chi connectivity index (χ3n) is 3.28. The van der Waals surface area contributed by atoms with E-state index < -0.39 is 0 Å². The van der Waals surface area contributed by atoms with Gasteiger partial charge in [0.2, 0.25) is 0 Å². The Morgan fingerprint density at radius 3 is 2.71 bits per heavy atom. The van der Waals surface area contributed by atoms with Crippen LogP contribution in [0.1, 0.15) is 17.4 Å². The summed E-state index contributed by atoms with van der Waals surface area (Å²) in [5.74, 6) is 1.26. The molecule has 2 aromatic heterocycles. The molecule has 0 spiro atoms. The van der Waals surface area contributed by atoms with Crippen molar-refractivity contribution in [2.45, 2.75) is 20.8 Å². The second-order valence-corrected chi connectivity index (χ2v) is 6.20. The average molecular weight is 301 g/mol. The molecule has 0 saturated heterocycles. The summed E-state index contributed by atoms with van der Waals surface area (Å²) in [7, 11) is 0. The number of hydrogen-bond acceptors (Lipinski definition) is 4. The van der Waals surface area contributed by atoms with Crippen molar-refractivity contribution in [1.29, 1.82) is 0 Å². The van der Waals surface area contributed by atoms with Crippen LogP contribution in [0.25, 0.3) is 21.6 Å². The van der Waals surface area contributed by atoms with Crippen LogP contribution in [0.15, 0.2) is 24.3 Å². The number of aryl methyl sites for hydroxylation is 2. The first-order valence-corrected chi connectivity index (χ1v) is 7.68. The SMILES string of the molecule is CCNc1nc(-c2ccc(F)c(C)c2)nc2sc(C)cc12. The van der Waals surface area contributed by atoms with E-state index in [-0.39, 0.29) is 5.82 Å². The smallest absolute Gasteiger partial charge is 0.163 e. The highest BCUT2D eigenvalue weighted by Crippen LogP contribution is 2.31. The summed E-state index contributed by atoms with van der Waals surface area (Å²) in [5, 5.41) is 4.32. The number of thiophene rings is 1. The van der Waals surface area contributed by atoms with Crippen LogP contribution in [-0.4, -0.2) is 16.5 Å². The summed E-state index contributed by atoms with van der Waals surface area (Å²) in [6.45, 7) is 6.64. The molecule has 0 saturated carbocycles. The van der Waals surface area contributed by atoms with E-state index in [0.29, 0.717) is 11.4 Å². The second kappa shape index (κ2) is 5.41. The third kappa shape index (κ3) is 2.61. The van der Waals surface area contributed by atoms with Crippen molar-refractivity contribution in [3.8, 4) is 11.4 Å². The minimum absolute atomic E-state index is 0.210. The van der Waals surface area contributed by atoms with Crippen molar-refractivity contribution in [1.82, 2.24) is 9.97 Å². The third-order valence-corrected chi connectivity index (χ3v) is 4.22. The molecule has 0 aliphatic rings. The minimum atomic E-state index is -0.210. The maximum atomic E-state index is 13.4. The number of anilines is 1. The first kappa shape index (κ1) is 13.9. The molecule has 21 heavy (non-hydrogen) atoms. The fourth-order valence-electron chi connectivity index (χ4n) is 2.26. The van der Waals surface area contributed by atoms with Gasteiger partial charge in [0.25, 0.3) is 0 Å². The lowest BCUT2D eigenvalue weighted by Crippen LogP contribution is -2.02. The molecule has 0 amide bonds. The van der Waals surface area contributed by atoms with Gasteiger partial charge in [-0.1, -0.05) is 0 Å². The summed E-state index contributed by atoms with van der Waals surface area (Å²) in [6, 6.07) is 7.06. The van der Waals surface area contributed by atoms with Crippen LogP contribution in [0.5, 0.6) is 0 Å². The predicted octanol–water partition coefficient (Wildman–Crippen LogP) is 4.55. The Bertz CT molecular complexity index is 811. The van der Waals surface area contributed by atoms with Crippen molar-refractivity contribution >= 4 is 27.4 Å². The van der Waals surface area contributed by atoms with Gasteiger partial charge in [-0.2, -0.15) is 0 Å². The first-order valence-electron chi connectivity index (χ1n) is 6.87. The van der Waals surface area contributed by atoms with Crippen LogP contribution < -0.4 is 5.32 Å². The Hall–Kier alpha value is -2.01. The topological polar surface area (TPSA) is 37.8 Å². The maximum Gasteiger partial charge on any atom is 0.163 e. The van der Waals surface area contributed by atoms with Gasteiger partial charge in [-0.25, -0.2) is 14.4 Å². The van der Waals surface area contributed by atoms with E-state index in [1.807, 2.05) is 6.92 Å². The largest absolute Gasteiger partial charge is 0.370 e. The zero-order valence-corrected chi connectivity index (χ0v) is 13.0. The van der Waals surface area contributed by atoms with E-state index in [2.05, 4.69) is 28.3 Å². The Morgan fingerprint density at radius 2 is 2.00 bits per heavy atom. The van der Waals surface area contributed by atoms with Crippen molar-refractivity contribution in [2.75, 3.05) is 11.9 Å². The van der Waals surface area contributed by atoms with Crippen molar-refractivity contribution in [3.63, 3.8) is 0 Å². The molecule has 3 nitrogen and oxygen atoms in total. The normalized spacial score (nSPS) is 11.0. The van der Waals surface area contributed by atoms with Crippen LogP contribution >= 0.6 is 11.3 Å². The van der Waals surface area contributed by atoms with E-state index in [1.165, 1.54) is 10.9 Å². The predicted molar refractivity (Wildman–Crippen MR) is 86.4 cm³/mol. The zero-order chi connectivity index (χ0) is 15.0. The van der Waals surface area contributed by atoms with Gasteiger partial charge in [0.15, 0.2) is 5.82 Å². The van der Waals surface area contributed by atoms with E-state index in [4.69, 9.17) is 0 Å². The lowest BCUT2D eigenvalue weighted by molar-refractivity contribution is 0.618. The summed E-state index contributed by atoms with van der Waals surface area (Å²) in [5.41, 5.74) is 1.43. The van der Waals surface area contributed by atoms with Gasteiger partial charge >= 0.3 is 0 Å². The van der Waals surface area contributed by atoms with Crippen LogP contribution in [-0.2, 0) is 0 Å². The number of hydrogen-bond donors (Lipinski definition) is 1. The molecule has 0 fully saturated rings. The number of aromatic nitrogens is 2. The summed E-state index contributed by atoms with van der Waals surface area (Å²) in [4.78, 5) is 11.4. The number of rotatable bonds is 3. The number of nitrogens with one attached hydrogen (secondary N) is 1. The van der Waals surface area contributed by atoms with Crippen LogP contribution in [0.3, 0.4) is 0 Å². The Balaban J connectivity index is 2.19. The van der Waals surface area contributed by atoms with Gasteiger partial charge in [0.1, 0.15) is 16.5 Å². The molecule has 0 radical (unpaired) electrons. The fourth-order valence-corrected chi connectivity index (χ4v) is 3.14. The van der Waals surface area contributed by atoms with E-state index in [0.717, 1.165) is 28.1 Å². The van der Waals surface area contributed by atoms with Crippen molar-refractivity contribution in [2.24, 2.45) is 0 Å². The van der Waals surface area contributed by atoms with Gasteiger partial charge in [-0.05, 0) is 50.6 Å². The molecule has 0 atom stereocenters. The quantitative estimate of drug-likeness (QED) is 0.771. The minimum Gasteiger partial charge on any atom is -0.370 e. The van der Waals surface area contributed by atoms with Crippen molar-refractivity contribution < 1.29 is 4.39 Å². The van der Waals surface area contributed by atoms with Crippen molar-refractivity contribution in [3.05, 3.63) is 40.5 Å². The molecule has 0 aliphatic heterocycles. The molecule has 3 rings (SSSR count). The molecule has 5 heteroatoms. The van der Waals surface area contributed by atoms with Gasteiger partial charge in [-0.15, -0.1) is 11.3 Å². The summed E-state index contributed by atoms with van der Waals surface area (Å²) >= 11 is 1.64. The molecular weight excluding hydrogens is 285 g/mol. The van der Waals surface area contributed by atoms with Gasteiger partial charge in [0.05, 0.1) is 5.39 Å².